The van der Waals surface area contributed by atoms with Crippen LogP contribution >= 0.6 is 11.8 Å². The van der Waals surface area contributed by atoms with Gasteiger partial charge in [-0.05, 0) is 26.0 Å². The summed E-state index contributed by atoms with van der Waals surface area (Å²) < 4.78 is 2.15. The van der Waals surface area contributed by atoms with Gasteiger partial charge in [0.25, 0.3) is 0 Å². The lowest BCUT2D eigenvalue weighted by molar-refractivity contribution is -0.121. The van der Waals surface area contributed by atoms with Crippen LogP contribution in [0.4, 0.5) is 0 Å². The number of hydrogen-bond acceptors (Lipinski definition) is 4. The number of carbonyl (C=O) groups is 1. The third-order valence-corrected chi connectivity index (χ3v) is 4.23. The third kappa shape index (κ3) is 3.72. The Labute approximate surface area is 118 Å². The fourth-order valence-corrected chi connectivity index (χ4v) is 2.99. The molecule has 1 saturated carbocycles. The molecule has 0 aliphatic heterocycles. The van der Waals surface area contributed by atoms with Crippen molar-refractivity contribution < 1.29 is 4.79 Å². The van der Waals surface area contributed by atoms with Gasteiger partial charge in [0.15, 0.2) is 5.82 Å². The van der Waals surface area contributed by atoms with Crippen molar-refractivity contribution in [3.8, 4) is 0 Å². The highest BCUT2D eigenvalue weighted by Gasteiger charge is 2.23. The first-order valence-electron chi connectivity index (χ1n) is 6.90. The van der Waals surface area contributed by atoms with Crippen molar-refractivity contribution in [1.29, 1.82) is 0 Å². The number of aromatic nitrogens is 3. The number of hydrogen-bond donors (Lipinski definition) is 1. The maximum absolute atomic E-state index is 11.8. The number of thioether (sulfide) groups is 1. The second-order valence-electron chi connectivity index (χ2n) is 5.07. The van der Waals surface area contributed by atoms with Gasteiger partial charge in [0.1, 0.15) is 6.33 Å². The van der Waals surface area contributed by atoms with Gasteiger partial charge < -0.3 is 9.88 Å². The Morgan fingerprint density at radius 1 is 1.58 bits per heavy atom. The summed E-state index contributed by atoms with van der Waals surface area (Å²) in [7, 11) is 0. The van der Waals surface area contributed by atoms with E-state index in [4.69, 9.17) is 0 Å². The quantitative estimate of drug-likeness (QED) is 0.870. The van der Waals surface area contributed by atoms with Gasteiger partial charge in [-0.2, -0.15) is 11.8 Å². The van der Waals surface area contributed by atoms with Crippen molar-refractivity contribution >= 4 is 17.7 Å². The molecule has 0 saturated heterocycles. The Hall–Kier alpha value is -1.04. The molecule has 1 aromatic heterocycles. The van der Waals surface area contributed by atoms with Crippen LogP contribution in [0.2, 0.25) is 0 Å². The standard InChI is InChI=1S/C13H22N4OS/c1-10(15-12(18)7-8-19-2)13-16-14-9-17(13)11-5-3-4-6-11/h9-11H,3-8H2,1-2H3,(H,15,18). The van der Waals surface area contributed by atoms with Crippen LogP contribution in [0.5, 0.6) is 0 Å². The minimum Gasteiger partial charge on any atom is -0.346 e. The Bertz CT molecular complexity index is 415. The summed E-state index contributed by atoms with van der Waals surface area (Å²) in [6.07, 6.45) is 9.30. The van der Waals surface area contributed by atoms with Crippen LogP contribution in [0.3, 0.4) is 0 Å². The minimum atomic E-state index is -0.0718. The topological polar surface area (TPSA) is 59.8 Å². The molecule has 0 spiro atoms. The highest BCUT2D eigenvalue weighted by molar-refractivity contribution is 7.98. The third-order valence-electron chi connectivity index (χ3n) is 3.62. The first kappa shape index (κ1) is 14.4. The Balaban J connectivity index is 1.97. The van der Waals surface area contributed by atoms with Gasteiger partial charge in [-0.25, -0.2) is 0 Å². The highest BCUT2D eigenvalue weighted by atomic mass is 32.2. The molecule has 0 aromatic carbocycles. The van der Waals surface area contributed by atoms with Crippen LogP contribution in [-0.4, -0.2) is 32.7 Å². The van der Waals surface area contributed by atoms with Crippen LogP contribution in [-0.2, 0) is 4.79 Å². The van der Waals surface area contributed by atoms with E-state index in [1.807, 2.05) is 13.2 Å². The van der Waals surface area contributed by atoms with E-state index in [0.717, 1.165) is 11.6 Å². The zero-order chi connectivity index (χ0) is 13.7. The molecule has 5 nitrogen and oxygen atoms in total. The fraction of sp³-hybridized carbons (Fsp3) is 0.769. The van der Waals surface area contributed by atoms with Gasteiger partial charge in [-0.3, -0.25) is 4.79 Å². The number of nitrogens with zero attached hydrogens (tertiary/aromatic N) is 3. The van der Waals surface area contributed by atoms with Crippen LogP contribution in [0.1, 0.15) is 56.9 Å². The molecular weight excluding hydrogens is 260 g/mol. The molecule has 1 N–H and O–H groups in total. The van der Waals surface area contributed by atoms with E-state index >= 15 is 0 Å². The maximum Gasteiger partial charge on any atom is 0.221 e. The second-order valence-corrected chi connectivity index (χ2v) is 6.05. The van der Waals surface area contributed by atoms with Crippen molar-refractivity contribution in [2.45, 2.75) is 51.1 Å². The van der Waals surface area contributed by atoms with Gasteiger partial charge in [0, 0.05) is 18.2 Å². The monoisotopic (exact) mass is 282 g/mol. The van der Waals surface area contributed by atoms with E-state index in [0.29, 0.717) is 12.5 Å². The van der Waals surface area contributed by atoms with Gasteiger partial charge in [-0.15, -0.1) is 10.2 Å². The molecule has 106 valence electrons. The summed E-state index contributed by atoms with van der Waals surface area (Å²) >= 11 is 1.68. The molecule has 0 radical (unpaired) electrons. The lowest BCUT2D eigenvalue weighted by Gasteiger charge is -2.18. The summed E-state index contributed by atoms with van der Waals surface area (Å²) in [6.45, 7) is 1.98. The molecule has 1 heterocycles. The number of nitrogens with one attached hydrogen (secondary N) is 1. The van der Waals surface area contributed by atoms with Crippen LogP contribution in [0.15, 0.2) is 6.33 Å². The molecule has 0 bridgehead atoms. The SMILES string of the molecule is CSCCC(=O)NC(C)c1nncn1C1CCCC1. The summed E-state index contributed by atoms with van der Waals surface area (Å²) in [5.41, 5.74) is 0. The van der Waals surface area contributed by atoms with Crippen molar-refractivity contribution in [1.82, 2.24) is 20.1 Å². The normalized spacial score (nSPS) is 17.6. The Morgan fingerprint density at radius 2 is 2.32 bits per heavy atom. The number of amides is 1. The maximum atomic E-state index is 11.8. The average molecular weight is 282 g/mol. The largest absolute Gasteiger partial charge is 0.346 e. The fourth-order valence-electron chi connectivity index (χ4n) is 2.60. The molecule has 1 atom stereocenters. The van der Waals surface area contributed by atoms with Crippen molar-refractivity contribution in [2.75, 3.05) is 12.0 Å². The molecule has 1 amide bonds. The van der Waals surface area contributed by atoms with Gasteiger partial charge in [0.2, 0.25) is 5.91 Å². The minimum absolute atomic E-state index is 0.0718. The van der Waals surface area contributed by atoms with E-state index in [1.165, 1.54) is 25.7 Å². The molecule has 6 heteroatoms. The van der Waals surface area contributed by atoms with Gasteiger partial charge in [-0.1, -0.05) is 12.8 Å². The molecule has 19 heavy (non-hydrogen) atoms. The molecule has 2 rings (SSSR count). The average Bonchev–Trinajstić information content (AvgIpc) is 3.05. The van der Waals surface area contributed by atoms with E-state index in [1.54, 1.807) is 18.1 Å². The number of rotatable bonds is 6. The first-order chi connectivity index (χ1) is 9.22. The highest BCUT2D eigenvalue weighted by Crippen LogP contribution is 2.31. The smallest absolute Gasteiger partial charge is 0.221 e. The van der Waals surface area contributed by atoms with E-state index in [-0.39, 0.29) is 11.9 Å². The van der Waals surface area contributed by atoms with Gasteiger partial charge >= 0.3 is 0 Å². The Kier molecular flexibility index (Phi) is 5.24. The van der Waals surface area contributed by atoms with Crippen LogP contribution in [0, 0.1) is 0 Å². The summed E-state index contributed by atoms with van der Waals surface area (Å²) in [5.74, 6) is 1.82. The number of carbonyl (C=O) groups excluding carboxylic acids is 1. The zero-order valence-corrected chi connectivity index (χ0v) is 12.4. The summed E-state index contributed by atoms with van der Waals surface area (Å²) in [5, 5.41) is 11.2. The van der Waals surface area contributed by atoms with E-state index in [2.05, 4.69) is 20.1 Å². The van der Waals surface area contributed by atoms with Crippen molar-refractivity contribution in [3.05, 3.63) is 12.2 Å². The first-order valence-corrected chi connectivity index (χ1v) is 8.29. The molecule has 1 unspecified atom stereocenters. The molecule has 1 fully saturated rings. The summed E-state index contributed by atoms with van der Waals surface area (Å²) in [6, 6.07) is 0.438. The molecule has 1 aliphatic rings. The van der Waals surface area contributed by atoms with E-state index in [9.17, 15) is 4.79 Å². The zero-order valence-electron chi connectivity index (χ0n) is 11.6. The molecule has 1 aromatic rings. The predicted molar refractivity (Wildman–Crippen MR) is 77.1 cm³/mol. The second kappa shape index (κ2) is 6.93. The lowest BCUT2D eigenvalue weighted by atomic mass is 10.2. The van der Waals surface area contributed by atoms with Crippen LogP contribution < -0.4 is 5.32 Å². The molecular formula is C13H22N4OS. The van der Waals surface area contributed by atoms with Crippen molar-refractivity contribution in [3.63, 3.8) is 0 Å². The predicted octanol–water partition coefficient (Wildman–Crippen LogP) is 2.32. The lowest BCUT2D eigenvalue weighted by Crippen LogP contribution is -2.29. The van der Waals surface area contributed by atoms with E-state index < -0.39 is 0 Å². The Morgan fingerprint density at radius 3 is 3.00 bits per heavy atom. The van der Waals surface area contributed by atoms with Crippen LogP contribution in [0.25, 0.3) is 0 Å². The summed E-state index contributed by atoms with van der Waals surface area (Å²) in [4.78, 5) is 11.8. The van der Waals surface area contributed by atoms with Crippen molar-refractivity contribution in [2.24, 2.45) is 0 Å². The van der Waals surface area contributed by atoms with Gasteiger partial charge in [0.05, 0.1) is 6.04 Å². The molecule has 1 aliphatic carbocycles.